The van der Waals surface area contributed by atoms with Crippen molar-refractivity contribution in [3.05, 3.63) is 53.6 Å². The molecule has 6 N–H and O–H groups in total. The predicted octanol–water partition coefficient (Wildman–Crippen LogP) is 3.69. The van der Waals surface area contributed by atoms with Gasteiger partial charge in [-0.2, -0.15) is 0 Å². The summed E-state index contributed by atoms with van der Waals surface area (Å²) >= 11 is 0. The third kappa shape index (κ3) is 4.29. The minimum Gasteiger partial charge on any atom is -0.387 e. The Labute approximate surface area is 173 Å². The number of hydrogen-bond donors (Lipinski definition) is 5. The second-order valence-corrected chi connectivity index (χ2v) is 7.93. The van der Waals surface area contributed by atoms with Crippen molar-refractivity contribution in [2.24, 2.45) is 5.73 Å². The number of aliphatic hydroxyl groups excluding tert-OH is 1. The molecule has 8 heteroatoms. The van der Waals surface area contributed by atoms with E-state index in [1.54, 1.807) is 6.92 Å². The topological polar surface area (TPSA) is 116 Å². The molecule has 7 nitrogen and oxygen atoms in total. The molecule has 0 spiro atoms. The van der Waals surface area contributed by atoms with Gasteiger partial charge in [0, 0.05) is 35.0 Å². The molecule has 1 aliphatic carbocycles. The summed E-state index contributed by atoms with van der Waals surface area (Å²) in [5.41, 5.74) is 8.81. The Morgan fingerprint density at radius 2 is 1.97 bits per heavy atom. The first-order valence-corrected chi connectivity index (χ1v) is 10.2. The molecule has 1 aliphatic rings. The van der Waals surface area contributed by atoms with E-state index in [0.29, 0.717) is 28.3 Å². The van der Waals surface area contributed by atoms with Crippen molar-refractivity contribution in [1.82, 2.24) is 9.97 Å². The Balaban J connectivity index is 1.69. The smallest absolute Gasteiger partial charge is 0.259 e. The SMILES string of the molecule is CC(O)c1cc2c(N[C@H]3CC[C@H](N)CC3)c(C(=O)Nc3ccc(F)cc3)cnc2[nH]1. The highest BCUT2D eigenvalue weighted by molar-refractivity contribution is 6.12. The fourth-order valence-corrected chi connectivity index (χ4v) is 3.85. The molecule has 1 amide bonds. The summed E-state index contributed by atoms with van der Waals surface area (Å²) in [6.45, 7) is 1.67. The number of nitrogens with zero attached hydrogens (tertiary/aromatic N) is 1. The summed E-state index contributed by atoms with van der Waals surface area (Å²) in [6, 6.07) is 7.84. The van der Waals surface area contributed by atoms with Gasteiger partial charge in [0.15, 0.2) is 0 Å². The van der Waals surface area contributed by atoms with E-state index >= 15 is 0 Å². The number of nitrogens with two attached hydrogens (primary N) is 1. The molecule has 3 aromatic rings. The highest BCUT2D eigenvalue weighted by atomic mass is 19.1. The van der Waals surface area contributed by atoms with Gasteiger partial charge in [-0.15, -0.1) is 0 Å². The lowest BCUT2D eigenvalue weighted by molar-refractivity contribution is 0.102. The zero-order chi connectivity index (χ0) is 21.3. The predicted molar refractivity (Wildman–Crippen MR) is 115 cm³/mol. The lowest BCUT2D eigenvalue weighted by Crippen LogP contribution is -2.33. The Morgan fingerprint density at radius 3 is 2.63 bits per heavy atom. The molecule has 0 aliphatic heterocycles. The second-order valence-electron chi connectivity index (χ2n) is 7.93. The number of pyridine rings is 1. The van der Waals surface area contributed by atoms with Crippen LogP contribution >= 0.6 is 0 Å². The van der Waals surface area contributed by atoms with Gasteiger partial charge >= 0.3 is 0 Å². The molecule has 2 aromatic heterocycles. The molecule has 0 radical (unpaired) electrons. The molecule has 0 bridgehead atoms. The summed E-state index contributed by atoms with van der Waals surface area (Å²) in [5.74, 6) is -0.710. The first-order chi connectivity index (χ1) is 14.4. The maximum Gasteiger partial charge on any atom is 0.259 e. The van der Waals surface area contributed by atoms with E-state index in [1.807, 2.05) is 6.07 Å². The Hall–Kier alpha value is -2.97. The van der Waals surface area contributed by atoms with Gasteiger partial charge in [-0.3, -0.25) is 4.79 Å². The molecule has 2 heterocycles. The first kappa shape index (κ1) is 20.3. The number of aromatic nitrogens is 2. The van der Waals surface area contributed by atoms with E-state index < -0.39 is 6.10 Å². The van der Waals surface area contributed by atoms with E-state index in [2.05, 4.69) is 20.6 Å². The number of carbonyl (C=O) groups is 1. The van der Waals surface area contributed by atoms with Gasteiger partial charge < -0.3 is 26.5 Å². The summed E-state index contributed by atoms with van der Waals surface area (Å²) < 4.78 is 13.2. The fourth-order valence-electron chi connectivity index (χ4n) is 3.85. The van der Waals surface area contributed by atoms with E-state index in [0.717, 1.165) is 31.1 Å². The van der Waals surface area contributed by atoms with Gasteiger partial charge in [0.05, 0.1) is 17.4 Å². The molecule has 1 atom stereocenters. The fraction of sp³-hybridized carbons (Fsp3) is 0.364. The van der Waals surface area contributed by atoms with Crippen LogP contribution in [0.5, 0.6) is 0 Å². The number of halogens is 1. The summed E-state index contributed by atoms with van der Waals surface area (Å²) in [4.78, 5) is 20.5. The number of H-pyrrole nitrogens is 1. The van der Waals surface area contributed by atoms with Crippen LogP contribution in [-0.4, -0.2) is 33.1 Å². The van der Waals surface area contributed by atoms with Crippen LogP contribution in [0.3, 0.4) is 0 Å². The quantitative estimate of drug-likeness (QED) is 0.439. The third-order valence-electron chi connectivity index (χ3n) is 5.60. The van der Waals surface area contributed by atoms with Gasteiger partial charge in [-0.05, 0) is 62.9 Å². The number of fused-ring (bicyclic) bond motifs is 1. The maximum absolute atomic E-state index is 13.2. The van der Waals surface area contributed by atoms with E-state index in [9.17, 15) is 14.3 Å². The Kier molecular flexibility index (Phi) is 5.69. The van der Waals surface area contributed by atoms with Crippen molar-refractivity contribution < 1.29 is 14.3 Å². The number of amides is 1. The monoisotopic (exact) mass is 411 g/mol. The van der Waals surface area contributed by atoms with Crippen molar-refractivity contribution in [3.63, 3.8) is 0 Å². The number of aliphatic hydroxyl groups is 1. The molecular weight excluding hydrogens is 385 g/mol. The normalized spacial score (nSPS) is 20.1. The van der Waals surface area contributed by atoms with Gasteiger partial charge in [0.25, 0.3) is 5.91 Å². The first-order valence-electron chi connectivity index (χ1n) is 10.2. The highest BCUT2D eigenvalue weighted by Gasteiger charge is 2.23. The zero-order valence-electron chi connectivity index (χ0n) is 16.8. The standard InChI is InChI=1S/C22H26FN5O2/c1-12(29)19-10-17-20(26-15-8-4-14(24)5-9-15)18(11-25-21(17)28-19)22(30)27-16-6-2-13(23)3-7-16/h2-3,6-7,10-12,14-15,29H,4-5,8-9,24H2,1H3,(H,27,30)(H2,25,26,28)/t12?,14-,15-. The van der Waals surface area contributed by atoms with Gasteiger partial charge in [0.1, 0.15) is 11.5 Å². The average Bonchev–Trinajstić information content (AvgIpc) is 3.17. The van der Waals surface area contributed by atoms with Crippen LogP contribution in [0.2, 0.25) is 0 Å². The van der Waals surface area contributed by atoms with Gasteiger partial charge in [-0.1, -0.05) is 0 Å². The number of benzene rings is 1. The largest absolute Gasteiger partial charge is 0.387 e. The molecule has 1 fully saturated rings. The number of carbonyl (C=O) groups excluding carboxylic acids is 1. The second kappa shape index (κ2) is 8.41. The summed E-state index contributed by atoms with van der Waals surface area (Å²) in [5, 5.41) is 17.0. The van der Waals surface area contributed by atoms with Crippen LogP contribution in [-0.2, 0) is 0 Å². The minimum absolute atomic E-state index is 0.192. The molecule has 4 rings (SSSR count). The average molecular weight is 411 g/mol. The lowest BCUT2D eigenvalue weighted by atomic mass is 9.91. The van der Waals surface area contributed by atoms with Crippen molar-refractivity contribution in [1.29, 1.82) is 0 Å². The number of hydrogen-bond acceptors (Lipinski definition) is 5. The molecule has 1 unspecified atom stereocenters. The molecule has 30 heavy (non-hydrogen) atoms. The van der Waals surface area contributed by atoms with Crippen LogP contribution in [0.1, 0.15) is 54.8 Å². The van der Waals surface area contributed by atoms with Crippen LogP contribution in [0, 0.1) is 5.82 Å². The van der Waals surface area contributed by atoms with Gasteiger partial charge in [-0.25, -0.2) is 9.37 Å². The molecule has 1 saturated carbocycles. The van der Waals surface area contributed by atoms with E-state index in [-0.39, 0.29) is 23.8 Å². The number of aromatic amines is 1. The molecule has 158 valence electrons. The summed E-state index contributed by atoms with van der Waals surface area (Å²) in [6.07, 6.45) is 4.51. The van der Waals surface area contributed by atoms with Crippen LogP contribution in [0.15, 0.2) is 36.5 Å². The van der Waals surface area contributed by atoms with Crippen LogP contribution in [0.25, 0.3) is 11.0 Å². The van der Waals surface area contributed by atoms with Crippen molar-refractivity contribution in [2.45, 2.75) is 50.8 Å². The Bertz CT molecular complexity index is 1040. The zero-order valence-corrected chi connectivity index (χ0v) is 16.8. The molecule has 1 aromatic carbocycles. The van der Waals surface area contributed by atoms with Crippen LogP contribution in [0.4, 0.5) is 15.8 Å². The van der Waals surface area contributed by atoms with Gasteiger partial charge in [0.2, 0.25) is 0 Å². The van der Waals surface area contributed by atoms with E-state index in [4.69, 9.17) is 5.73 Å². The Morgan fingerprint density at radius 1 is 1.27 bits per heavy atom. The lowest BCUT2D eigenvalue weighted by Gasteiger charge is -2.28. The highest BCUT2D eigenvalue weighted by Crippen LogP contribution is 2.32. The van der Waals surface area contributed by atoms with Crippen molar-refractivity contribution in [2.75, 3.05) is 10.6 Å². The number of anilines is 2. The number of rotatable bonds is 5. The number of nitrogens with one attached hydrogen (secondary N) is 3. The summed E-state index contributed by atoms with van der Waals surface area (Å²) in [7, 11) is 0. The van der Waals surface area contributed by atoms with E-state index in [1.165, 1.54) is 30.5 Å². The van der Waals surface area contributed by atoms with Crippen molar-refractivity contribution in [3.8, 4) is 0 Å². The third-order valence-corrected chi connectivity index (χ3v) is 5.60. The van der Waals surface area contributed by atoms with Crippen LogP contribution < -0.4 is 16.4 Å². The maximum atomic E-state index is 13.2. The van der Waals surface area contributed by atoms with Crippen molar-refractivity contribution >= 4 is 28.3 Å². The minimum atomic E-state index is -0.684. The molecular formula is C22H26FN5O2. The molecule has 0 saturated heterocycles.